The van der Waals surface area contributed by atoms with Gasteiger partial charge in [0.25, 0.3) is 0 Å². The molecule has 0 spiro atoms. The van der Waals surface area contributed by atoms with Crippen LogP contribution in [0.2, 0.25) is 0 Å². The van der Waals surface area contributed by atoms with Gasteiger partial charge in [-0.2, -0.15) is 0 Å². The number of halogens is 2. The Bertz CT molecular complexity index is 440. The summed E-state index contributed by atoms with van der Waals surface area (Å²) < 4.78 is 14.2. The molecule has 0 saturated heterocycles. The van der Waals surface area contributed by atoms with E-state index in [-0.39, 0.29) is 5.82 Å². The van der Waals surface area contributed by atoms with Crippen LogP contribution < -0.4 is 0 Å². The lowest BCUT2D eigenvalue weighted by molar-refractivity contribution is 0.0236. The molecule has 2 atom stereocenters. The Kier molecular flexibility index (Phi) is 5.25. The van der Waals surface area contributed by atoms with Gasteiger partial charge in [-0.3, -0.25) is 0 Å². The van der Waals surface area contributed by atoms with Gasteiger partial charge in [-0.15, -0.1) is 0 Å². The van der Waals surface area contributed by atoms with E-state index in [2.05, 4.69) is 29.8 Å². The maximum absolute atomic E-state index is 13.4. The fraction of sp³-hybridized carbons (Fsp3) is 0.647. The molecule has 1 aromatic rings. The van der Waals surface area contributed by atoms with Crippen molar-refractivity contribution in [3.63, 3.8) is 0 Å². The lowest BCUT2D eigenvalue weighted by Gasteiger charge is -2.27. The zero-order valence-electron chi connectivity index (χ0n) is 12.3. The molecule has 1 aromatic carbocycles. The largest absolute Gasteiger partial charge is 0.390 e. The van der Waals surface area contributed by atoms with E-state index in [1.807, 2.05) is 6.07 Å². The predicted octanol–water partition coefficient (Wildman–Crippen LogP) is 5.10. The highest BCUT2D eigenvalue weighted by Gasteiger charge is 2.32. The van der Waals surface area contributed by atoms with Crippen LogP contribution in [-0.2, 0) is 6.42 Å². The normalized spacial score (nSPS) is 27.6. The molecule has 2 unspecified atom stereocenters. The van der Waals surface area contributed by atoms with E-state index < -0.39 is 5.60 Å². The maximum atomic E-state index is 13.4. The van der Waals surface area contributed by atoms with Crippen LogP contribution in [0.4, 0.5) is 4.39 Å². The van der Waals surface area contributed by atoms with Crippen LogP contribution in [0, 0.1) is 17.7 Å². The second-order valence-corrected chi connectivity index (χ2v) is 7.53. The minimum Gasteiger partial charge on any atom is -0.390 e. The van der Waals surface area contributed by atoms with E-state index >= 15 is 0 Å². The highest BCUT2D eigenvalue weighted by Crippen LogP contribution is 2.36. The van der Waals surface area contributed by atoms with Crippen LogP contribution in [0.15, 0.2) is 22.7 Å². The summed E-state index contributed by atoms with van der Waals surface area (Å²) in [5.41, 5.74) is 0.207. The van der Waals surface area contributed by atoms with Crippen LogP contribution >= 0.6 is 15.9 Å². The van der Waals surface area contributed by atoms with E-state index in [0.717, 1.165) is 35.7 Å². The van der Waals surface area contributed by atoms with Crippen LogP contribution in [0.3, 0.4) is 0 Å². The van der Waals surface area contributed by atoms with Gasteiger partial charge in [-0.05, 0) is 54.9 Å². The first-order chi connectivity index (χ1) is 9.38. The number of hydrogen-bond acceptors (Lipinski definition) is 1. The van der Waals surface area contributed by atoms with E-state index in [9.17, 15) is 9.50 Å². The van der Waals surface area contributed by atoms with E-state index in [1.165, 1.54) is 18.6 Å². The summed E-state index contributed by atoms with van der Waals surface area (Å²) >= 11 is 3.32. The molecular formula is C17H24BrFO. The fourth-order valence-corrected chi connectivity index (χ4v) is 3.87. The molecule has 1 N–H and O–H groups in total. The Morgan fingerprint density at radius 1 is 1.30 bits per heavy atom. The van der Waals surface area contributed by atoms with Crippen LogP contribution in [0.25, 0.3) is 0 Å². The molecule has 2 rings (SSSR count). The van der Waals surface area contributed by atoms with Crippen molar-refractivity contribution in [3.05, 3.63) is 34.1 Å². The van der Waals surface area contributed by atoms with E-state index in [1.54, 1.807) is 0 Å². The molecular weight excluding hydrogens is 319 g/mol. The fourth-order valence-electron chi connectivity index (χ4n) is 3.35. The first-order valence-electron chi connectivity index (χ1n) is 7.55. The third-order valence-electron chi connectivity index (χ3n) is 4.60. The summed E-state index contributed by atoms with van der Waals surface area (Å²) in [7, 11) is 0. The summed E-state index contributed by atoms with van der Waals surface area (Å²) in [6.45, 7) is 4.53. The van der Waals surface area contributed by atoms with Gasteiger partial charge < -0.3 is 5.11 Å². The molecule has 1 saturated carbocycles. The molecule has 1 aliphatic rings. The minimum atomic E-state index is -0.670. The van der Waals surface area contributed by atoms with E-state index in [0.29, 0.717) is 18.3 Å². The first-order valence-corrected chi connectivity index (χ1v) is 8.35. The summed E-state index contributed by atoms with van der Waals surface area (Å²) in [5, 5.41) is 10.8. The number of aliphatic hydroxyl groups is 1. The summed E-state index contributed by atoms with van der Waals surface area (Å²) in [6.07, 6.45) is 5.54. The van der Waals surface area contributed by atoms with Crippen molar-refractivity contribution in [1.29, 1.82) is 0 Å². The van der Waals surface area contributed by atoms with Crippen molar-refractivity contribution in [2.45, 2.75) is 58.0 Å². The molecule has 112 valence electrons. The molecule has 0 aromatic heterocycles. The van der Waals surface area contributed by atoms with Gasteiger partial charge in [0.15, 0.2) is 0 Å². The second kappa shape index (κ2) is 6.57. The van der Waals surface area contributed by atoms with Gasteiger partial charge in [0.1, 0.15) is 5.82 Å². The third-order valence-corrected chi connectivity index (χ3v) is 5.05. The van der Waals surface area contributed by atoms with Crippen LogP contribution in [-0.4, -0.2) is 10.7 Å². The van der Waals surface area contributed by atoms with Crippen molar-refractivity contribution in [2.24, 2.45) is 11.8 Å². The van der Waals surface area contributed by atoms with Crippen LogP contribution in [0.5, 0.6) is 0 Å². The van der Waals surface area contributed by atoms with Crippen molar-refractivity contribution < 1.29 is 9.50 Å². The zero-order valence-corrected chi connectivity index (χ0v) is 13.9. The third kappa shape index (κ3) is 4.29. The zero-order chi connectivity index (χ0) is 14.8. The molecule has 0 heterocycles. The van der Waals surface area contributed by atoms with Gasteiger partial charge in [0, 0.05) is 10.9 Å². The van der Waals surface area contributed by atoms with Gasteiger partial charge in [-0.25, -0.2) is 4.39 Å². The van der Waals surface area contributed by atoms with Gasteiger partial charge in [0.05, 0.1) is 5.60 Å². The van der Waals surface area contributed by atoms with Crippen molar-refractivity contribution in [2.75, 3.05) is 0 Å². The monoisotopic (exact) mass is 342 g/mol. The maximum Gasteiger partial charge on any atom is 0.124 e. The summed E-state index contributed by atoms with van der Waals surface area (Å²) in [6, 6.07) is 4.90. The molecule has 3 heteroatoms. The Labute approximate surface area is 129 Å². The summed E-state index contributed by atoms with van der Waals surface area (Å²) in [4.78, 5) is 0. The lowest BCUT2D eigenvalue weighted by Crippen LogP contribution is -2.30. The quantitative estimate of drug-likeness (QED) is 0.757. The second-order valence-electron chi connectivity index (χ2n) is 6.61. The molecule has 0 amide bonds. The van der Waals surface area contributed by atoms with Crippen LogP contribution in [0.1, 0.15) is 51.5 Å². The van der Waals surface area contributed by atoms with E-state index in [4.69, 9.17) is 0 Å². The molecule has 20 heavy (non-hydrogen) atoms. The van der Waals surface area contributed by atoms with Gasteiger partial charge in [0.2, 0.25) is 0 Å². The van der Waals surface area contributed by atoms with Gasteiger partial charge >= 0.3 is 0 Å². The SMILES string of the molecule is CC(C)C1CCCC(O)(Cc2cc(F)cc(Br)c2)CC1. The molecule has 0 bridgehead atoms. The topological polar surface area (TPSA) is 20.2 Å². The molecule has 0 aliphatic heterocycles. The number of rotatable bonds is 3. The molecule has 1 fully saturated rings. The van der Waals surface area contributed by atoms with Crippen molar-refractivity contribution in [3.8, 4) is 0 Å². The Hall–Kier alpha value is -0.410. The van der Waals surface area contributed by atoms with Gasteiger partial charge in [-0.1, -0.05) is 42.6 Å². The Morgan fingerprint density at radius 3 is 2.70 bits per heavy atom. The minimum absolute atomic E-state index is 0.244. The Balaban J connectivity index is 2.07. The average Bonchev–Trinajstić information content (AvgIpc) is 2.49. The molecule has 0 radical (unpaired) electrons. The number of benzene rings is 1. The van der Waals surface area contributed by atoms with Crippen molar-refractivity contribution >= 4 is 15.9 Å². The average molecular weight is 343 g/mol. The predicted molar refractivity (Wildman–Crippen MR) is 84.2 cm³/mol. The van der Waals surface area contributed by atoms with Crippen molar-refractivity contribution in [1.82, 2.24) is 0 Å². The highest BCUT2D eigenvalue weighted by molar-refractivity contribution is 9.10. The molecule has 1 nitrogen and oxygen atoms in total. The lowest BCUT2D eigenvalue weighted by atomic mass is 9.85. The Morgan fingerprint density at radius 2 is 2.05 bits per heavy atom. The highest BCUT2D eigenvalue weighted by atomic mass is 79.9. The smallest absolute Gasteiger partial charge is 0.124 e. The first kappa shape index (κ1) is 16.0. The number of hydrogen-bond donors (Lipinski definition) is 1. The summed E-state index contributed by atoms with van der Waals surface area (Å²) in [5.74, 6) is 1.15. The standard InChI is InChI=1S/C17H24BrFO/c1-12(2)14-4-3-6-17(20,7-5-14)11-13-8-15(18)10-16(19)9-13/h8-10,12,14,20H,3-7,11H2,1-2H3. The molecule has 1 aliphatic carbocycles.